The summed E-state index contributed by atoms with van der Waals surface area (Å²) in [5.74, 6) is 1.42. The maximum Gasteiger partial charge on any atom is 0.193 e. The molecule has 0 saturated carbocycles. The van der Waals surface area contributed by atoms with Gasteiger partial charge in [-0.1, -0.05) is 12.1 Å². The van der Waals surface area contributed by atoms with Gasteiger partial charge in [-0.25, -0.2) is 4.39 Å². The van der Waals surface area contributed by atoms with Crippen molar-refractivity contribution < 1.29 is 9.13 Å². The fourth-order valence-electron chi connectivity index (χ4n) is 2.69. The molecule has 0 radical (unpaired) electrons. The Labute approximate surface area is 132 Å². The third kappa shape index (κ3) is 5.30. The maximum atomic E-state index is 12.9. The summed E-state index contributed by atoms with van der Waals surface area (Å²) in [6, 6.07) is 6.54. The number of rotatable bonds is 5. The summed E-state index contributed by atoms with van der Waals surface area (Å²) in [5, 5.41) is 3.32. The number of aliphatic imine (C=N–C) groups is 1. The van der Waals surface area contributed by atoms with Gasteiger partial charge in [0.15, 0.2) is 5.96 Å². The SMILES string of the molecule is CN=C(NCc1ccc(F)cc1)N(C)CCC1CCOCC1. The van der Waals surface area contributed by atoms with Crippen LogP contribution in [0.25, 0.3) is 0 Å². The van der Waals surface area contributed by atoms with E-state index in [-0.39, 0.29) is 5.82 Å². The van der Waals surface area contributed by atoms with E-state index in [1.165, 1.54) is 12.1 Å². The van der Waals surface area contributed by atoms with Gasteiger partial charge in [0.1, 0.15) is 5.82 Å². The monoisotopic (exact) mass is 307 g/mol. The molecule has 1 aliphatic rings. The molecule has 0 unspecified atom stereocenters. The Hall–Kier alpha value is -1.62. The van der Waals surface area contributed by atoms with Crippen molar-refractivity contribution in [1.82, 2.24) is 10.2 Å². The van der Waals surface area contributed by atoms with E-state index in [9.17, 15) is 4.39 Å². The molecule has 1 heterocycles. The van der Waals surface area contributed by atoms with Crippen LogP contribution in [-0.2, 0) is 11.3 Å². The summed E-state index contributed by atoms with van der Waals surface area (Å²) in [6.45, 7) is 3.42. The van der Waals surface area contributed by atoms with Gasteiger partial charge in [0.25, 0.3) is 0 Å². The molecule has 2 rings (SSSR count). The van der Waals surface area contributed by atoms with Crippen LogP contribution in [0, 0.1) is 11.7 Å². The second-order valence-corrected chi connectivity index (χ2v) is 5.79. The number of guanidine groups is 1. The fourth-order valence-corrected chi connectivity index (χ4v) is 2.69. The molecule has 0 amide bonds. The lowest BCUT2D eigenvalue weighted by Gasteiger charge is -2.26. The van der Waals surface area contributed by atoms with Crippen LogP contribution in [0.15, 0.2) is 29.3 Å². The van der Waals surface area contributed by atoms with Crippen molar-refractivity contribution in [2.24, 2.45) is 10.9 Å². The van der Waals surface area contributed by atoms with Crippen LogP contribution in [0.5, 0.6) is 0 Å². The third-order valence-corrected chi connectivity index (χ3v) is 4.15. The highest BCUT2D eigenvalue weighted by Crippen LogP contribution is 2.18. The van der Waals surface area contributed by atoms with E-state index in [0.29, 0.717) is 6.54 Å². The van der Waals surface area contributed by atoms with Crippen molar-refractivity contribution in [2.45, 2.75) is 25.8 Å². The van der Waals surface area contributed by atoms with Gasteiger partial charge < -0.3 is 15.0 Å². The predicted molar refractivity (Wildman–Crippen MR) is 87.4 cm³/mol. The minimum Gasteiger partial charge on any atom is -0.381 e. The molecule has 0 spiro atoms. The lowest BCUT2D eigenvalue weighted by molar-refractivity contribution is 0.0625. The zero-order chi connectivity index (χ0) is 15.8. The molecule has 4 nitrogen and oxygen atoms in total. The minimum absolute atomic E-state index is 0.207. The zero-order valence-electron chi connectivity index (χ0n) is 13.5. The molecule has 5 heteroatoms. The molecule has 0 bridgehead atoms. The van der Waals surface area contributed by atoms with E-state index in [4.69, 9.17) is 4.74 Å². The predicted octanol–water partition coefficient (Wildman–Crippen LogP) is 2.65. The molecular formula is C17H26FN3O. The highest BCUT2D eigenvalue weighted by atomic mass is 19.1. The summed E-state index contributed by atoms with van der Waals surface area (Å²) in [6.07, 6.45) is 3.49. The second kappa shape index (κ2) is 8.73. The summed E-state index contributed by atoms with van der Waals surface area (Å²) < 4.78 is 18.3. The molecular weight excluding hydrogens is 281 g/mol. The van der Waals surface area contributed by atoms with Crippen molar-refractivity contribution in [3.63, 3.8) is 0 Å². The van der Waals surface area contributed by atoms with Crippen LogP contribution in [0.1, 0.15) is 24.8 Å². The summed E-state index contributed by atoms with van der Waals surface area (Å²) >= 11 is 0. The van der Waals surface area contributed by atoms with Gasteiger partial charge in [0.05, 0.1) is 0 Å². The molecule has 0 aliphatic carbocycles. The van der Waals surface area contributed by atoms with Crippen LogP contribution in [0.3, 0.4) is 0 Å². The smallest absolute Gasteiger partial charge is 0.193 e. The van der Waals surface area contributed by atoms with E-state index in [2.05, 4.69) is 22.3 Å². The lowest BCUT2D eigenvalue weighted by atomic mass is 9.96. The fraction of sp³-hybridized carbons (Fsp3) is 0.588. The van der Waals surface area contributed by atoms with Gasteiger partial charge >= 0.3 is 0 Å². The van der Waals surface area contributed by atoms with Crippen LogP contribution >= 0.6 is 0 Å². The molecule has 1 aliphatic heterocycles. The first-order chi connectivity index (χ1) is 10.7. The lowest BCUT2D eigenvalue weighted by Crippen LogP contribution is -2.39. The Balaban J connectivity index is 1.76. The Kier molecular flexibility index (Phi) is 6.65. The quantitative estimate of drug-likeness (QED) is 0.671. The number of hydrogen-bond donors (Lipinski definition) is 1. The highest BCUT2D eigenvalue weighted by Gasteiger charge is 2.15. The summed E-state index contributed by atoms with van der Waals surface area (Å²) in [4.78, 5) is 6.47. The Morgan fingerprint density at radius 1 is 1.32 bits per heavy atom. The molecule has 22 heavy (non-hydrogen) atoms. The van der Waals surface area contributed by atoms with Crippen molar-refractivity contribution in [3.05, 3.63) is 35.6 Å². The minimum atomic E-state index is -0.207. The molecule has 1 fully saturated rings. The average molecular weight is 307 g/mol. The average Bonchev–Trinajstić information content (AvgIpc) is 2.56. The van der Waals surface area contributed by atoms with Gasteiger partial charge in [-0.3, -0.25) is 4.99 Å². The largest absolute Gasteiger partial charge is 0.381 e. The van der Waals surface area contributed by atoms with Crippen molar-refractivity contribution in [2.75, 3.05) is 33.9 Å². The van der Waals surface area contributed by atoms with Gasteiger partial charge in [0.2, 0.25) is 0 Å². The Morgan fingerprint density at radius 2 is 2.00 bits per heavy atom. The number of nitrogens with one attached hydrogen (secondary N) is 1. The topological polar surface area (TPSA) is 36.9 Å². The number of nitrogens with zero attached hydrogens (tertiary/aromatic N) is 2. The first kappa shape index (κ1) is 16.7. The van der Waals surface area contributed by atoms with Crippen LogP contribution in [0.4, 0.5) is 4.39 Å². The van der Waals surface area contributed by atoms with E-state index >= 15 is 0 Å². The molecule has 1 saturated heterocycles. The second-order valence-electron chi connectivity index (χ2n) is 5.79. The number of hydrogen-bond acceptors (Lipinski definition) is 2. The molecule has 1 aromatic carbocycles. The summed E-state index contributed by atoms with van der Waals surface area (Å²) in [5.41, 5.74) is 1.04. The highest BCUT2D eigenvalue weighted by molar-refractivity contribution is 5.79. The van der Waals surface area contributed by atoms with Crippen molar-refractivity contribution in [1.29, 1.82) is 0 Å². The normalized spacial score (nSPS) is 16.6. The standard InChI is InChI=1S/C17H26FN3O/c1-19-17(20-13-15-3-5-16(18)6-4-15)21(2)10-7-14-8-11-22-12-9-14/h3-6,14H,7-13H2,1-2H3,(H,19,20). The van der Waals surface area contributed by atoms with Gasteiger partial charge in [0, 0.05) is 40.4 Å². The zero-order valence-corrected chi connectivity index (χ0v) is 13.5. The van der Waals surface area contributed by atoms with Crippen LogP contribution in [0.2, 0.25) is 0 Å². The third-order valence-electron chi connectivity index (χ3n) is 4.15. The maximum absolute atomic E-state index is 12.9. The molecule has 1 N–H and O–H groups in total. The van der Waals surface area contributed by atoms with Crippen molar-refractivity contribution in [3.8, 4) is 0 Å². The number of halogens is 1. The van der Waals surface area contributed by atoms with Gasteiger partial charge in [-0.05, 0) is 42.9 Å². The van der Waals surface area contributed by atoms with E-state index in [1.54, 1.807) is 19.2 Å². The first-order valence-corrected chi connectivity index (χ1v) is 7.93. The van der Waals surface area contributed by atoms with Crippen LogP contribution in [-0.4, -0.2) is 44.7 Å². The van der Waals surface area contributed by atoms with E-state index in [0.717, 1.165) is 56.5 Å². The number of benzene rings is 1. The Morgan fingerprint density at radius 3 is 2.64 bits per heavy atom. The first-order valence-electron chi connectivity index (χ1n) is 7.93. The van der Waals surface area contributed by atoms with Gasteiger partial charge in [-0.2, -0.15) is 0 Å². The molecule has 0 aromatic heterocycles. The van der Waals surface area contributed by atoms with Crippen molar-refractivity contribution >= 4 is 5.96 Å². The number of ether oxygens (including phenoxy) is 1. The summed E-state index contributed by atoms with van der Waals surface area (Å²) in [7, 11) is 3.84. The molecule has 1 aromatic rings. The van der Waals surface area contributed by atoms with E-state index in [1.807, 2.05) is 0 Å². The van der Waals surface area contributed by atoms with E-state index < -0.39 is 0 Å². The van der Waals surface area contributed by atoms with Crippen LogP contribution < -0.4 is 5.32 Å². The molecule has 122 valence electrons. The Bertz CT molecular complexity index is 469. The molecule has 0 atom stereocenters. The van der Waals surface area contributed by atoms with Gasteiger partial charge in [-0.15, -0.1) is 0 Å².